The van der Waals surface area contributed by atoms with E-state index >= 15 is 0 Å². The van der Waals surface area contributed by atoms with Gasteiger partial charge in [-0.05, 0) is 5.92 Å². The van der Waals surface area contributed by atoms with E-state index in [2.05, 4.69) is 23.8 Å². The monoisotopic (exact) mass is 197 g/mol. The van der Waals surface area contributed by atoms with Crippen molar-refractivity contribution in [2.45, 2.75) is 20.3 Å². The van der Waals surface area contributed by atoms with Gasteiger partial charge in [0.2, 0.25) is 5.95 Å². The Kier molecular flexibility index (Phi) is 3.80. The van der Waals surface area contributed by atoms with E-state index in [1.54, 1.807) is 0 Å². The minimum atomic E-state index is -0.481. The van der Waals surface area contributed by atoms with Crippen LogP contribution in [-0.2, 0) is 0 Å². The molecular weight excluding hydrogens is 181 g/mol. The minimum absolute atomic E-state index is 0.481. The second kappa shape index (κ2) is 4.88. The number of hydrogen-bond donors (Lipinski definition) is 0. The van der Waals surface area contributed by atoms with Gasteiger partial charge >= 0.3 is 0 Å². The summed E-state index contributed by atoms with van der Waals surface area (Å²) < 4.78 is 12.8. The van der Waals surface area contributed by atoms with Crippen LogP contribution in [0.1, 0.15) is 20.3 Å². The fraction of sp³-hybridized carbons (Fsp3) is 0.600. The van der Waals surface area contributed by atoms with Gasteiger partial charge < -0.3 is 4.90 Å². The molecular formula is C10H16FN3. The number of aromatic nitrogens is 2. The first kappa shape index (κ1) is 10.9. The summed E-state index contributed by atoms with van der Waals surface area (Å²) >= 11 is 0. The van der Waals surface area contributed by atoms with Crippen molar-refractivity contribution >= 4 is 5.82 Å². The molecule has 0 aromatic carbocycles. The van der Waals surface area contributed by atoms with E-state index in [0.29, 0.717) is 11.7 Å². The standard InChI is InChI=1S/C10H16FN3/c1-4-8(2)6-14(3)10-5-9(11)12-7-13-10/h5,7-8H,4,6H2,1-3H3. The van der Waals surface area contributed by atoms with E-state index in [-0.39, 0.29) is 0 Å². The maximum absolute atomic E-state index is 12.8. The molecule has 4 heteroatoms. The SMILES string of the molecule is CCC(C)CN(C)c1cc(F)ncn1. The van der Waals surface area contributed by atoms with Gasteiger partial charge in [-0.2, -0.15) is 4.39 Å². The van der Waals surface area contributed by atoms with Crippen molar-refractivity contribution in [1.29, 1.82) is 0 Å². The van der Waals surface area contributed by atoms with Crippen molar-refractivity contribution in [1.82, 2.24) is 9.97 Å². The molecule has 1 unspecified atom stereocenters. The molecule has 0 saturated carbocycles. The third-order valence-electron chi connectivity index (χ3n) is 2.29. The maximum Gasteiger partial charge on any atom is 0.218 e. The van der Waals surface area contributed by atoms with Crippen molar-refractivity contribution in [3.05, 3.63) is 18.3 Å². The van der Waals surface area contributed by atoms with Gasteiger partial charge in [-0.3, -0.25) is 0 Å². The van der Waals surface area contributed by atoms with Crippen LogP contribution in [0.4, 0.5) is 10.2 Å². The van der Waals surface area contributed by atoms with Gasteiger partial charge in [0.15, 0.2) is 0 Å². The lowest BCUT2D eigenvalue weighted by Crippen LogP contribution is -2.24. The molecule has 0 fully saturated rings. The molecule has 3 nitrogen and oxygen atoms in total. The Morgan fingerprint density at radius 3 is 2.79 bits per heavy atom. The van der Waals surface area contributed by atoms with Crippen molar-refractivity contribution in [3.63, 3.8) is 0 Å². The molecule has 1 heterocycles. The van der Waals surface area contributed by atoms with E-state index in [9.17, 15) is 4.39 Å². The highest BCUT2D eigenvalue weighted by Gasteiger charge is 2.07. The third kappa shape index (κ3) is 2.94. The third-order valence-corrected chi connectivity index (χ3v) is 2.29. The first-order chi connectivity index (χ1) is 6.63. The molecule has 0 radical (unpaired) electrons. The predicted molar refractivity (Wildman–Crippen MR) is 54.7 cm³/mol. The largest absolute Gasteiger partial charge is 0.359 e. The first-order valence-electron chi connectivity index (χ1n) is 4.82. The normalized spacial score (nSPS) is 12.6. The summed E-state index contributed by atoms with van der Waals surface area (Å²) in [6.45, 7) is 5.18. The van der Waals surface area contributed by atoms with Crippen molar-refractivity contribution in [2.24, 2.45) is 5.92 Å². The molecule has 0 spiro atoms. The number of halogens is 1. The van der Waals surface area contributed by atoms with Crippen LogP contribution < -0.4 is 4.90 Å². The van der Waals surface area contributed by atoms with Crippen molar-refractivity contribution in [3.8, 4) is 0 Å². The molecule has 0 N–H and O–H groups in total. The quantitative estimate of drug-likeness (QED) is 0.692. The van der Waals surface area contributed by atoms with Crippen LogP contribution >= 0.6 is 0 Å². The van der Waals surface area contributed by atoms with Crippen LogP contribution in [-0.4, -0.2) is 23.6 Å². The molecule has 0 aliphatic heterocycles. The van der Waals surface area contributed by atoms with Gasteiger partial charge in [0, 0.05) is 19.7 Å². The highest BCUT2D eigenvalue weighted by Crippen LogP contribution is 2.11. The predicted octanol–water partition coefficient (Wildman–Crippen LogP) is 2.10. The van der Waals surface area contributed by atoms with Crippen molar-refractivity contribution in [2.75, 3.05) is 18.5 Å². The van der Waals surface area contributed by atoms with Gasteiger partial charge in [0.25, 0.3) is 0 Å². The molecule has 1 rings (SSSR count). The zero-order chi connectivity index (χ0) is 10.6. The Labute approximate surface area is 84.0 Å². The molecule has 78 valence electrons. The van der Waals surface area contributed by atoms with Gasteiger partial charge in [-0.1, -0.05) is 20.3 Å². The molecule has 1 aromatic rings. The Bertz CT molecular complexity index is 290. The number of anilines is 1. The average Bonchev–Trinajstić information content (AvgIpc) is 2.17. The van der Waals surface area contributed by atoms with Crippen LogP contribution in [0.5, 0.6) is 0 Å². The molecule has 0 aliphatic carbocycles. The smallest absolute Gasteiger partial charge is 0.218 e. The summed E-state index contributed by atoms with van der Waals surface area (Å²) in [6, 6.07) is 1.35. The van der Waals surface area contributed by atoms with Crippen LogP contribution in [0, 0.1) is 11.9 Å². The number of hydrogen-bond acceptors (Lipinski definition) is 3. The van der Waals surface area contributed by atoms with Gasteiger partial charge in [-0.15, -0.1) is 0 Å². The van der Waals surface area contributed by atoms with Gasteiger partial charge in [-0.25, -0.2) is 9.97 Å². The summed E-state index contributed by atoms with van der Waals surface area (Å²) in [5.41, 5.74) is 0. The zero-order valence-electron chi connectivity index (χ0n) is 8.87. The Balaban J connectivity index is 2.64. The van der Waals surface area contributed by atoms with Crippen molar-refractivity contribution < 1.29 is 4.39 Å². The first-order valence-corrected chi connectivity index (χ1v) is 4.82. The lowest BCUT2D eigenvalue weighted by molar-refractivity contribution is 0.551. The lowest BCUT2D eigenvalue weighted by atomic mass is 10.1. The minimum Gasteiger partial charge on any atom is -0.359 e. The molecule has 0 bridgehead atoms. The fourth-order valence-corrected chi connectivity index (χ4v) is 1.22. The summed E-state index contributed by atoms with van der Waals surface area (Å²) in [5.74, 6) is 0.738. The molecule has 0 saturated heterocycles. The lowest BCUT2D eigenvalue weighted by Gasteiger charge is -2.21. The highest BCUT2D eigenvalue weighted by molar-refractivity contribution is 5.35. The average molecular weight is 197 g/mol. The summed E-state index contributed by atoms with van der Waals surface area (Å²) in [7, 11) is 1.91. The van der Waals surface area contributed by atoms with E-state index in [1.807, 2.05) is 11.9 Å². The van der Waals surface area contributed by atoms with Crippen LogP contribution in [0.2, 0.25) is 0 Å². The van der Waals surface area contributed by atoms with E-state index in [4.69, 9.17) is 0 Å². The topological polar surface area (TPSA) is 29.0 Å². The summed E-state index contributed by atoms with van der Waals surface area (Å²) in [5, 5.41) is 0. The zero-order valence-corrected chi connectivity index (χ0v) is 8.87. The van der Waals surface area contributed by atoms with Crippen LogP contribution in [0.3, 0.4) is 0 Å². The number of rotatable bonds is 4. The molecule has 0 aliphatic rings. The van der Waals surface area contributed by atoms with Gasteiger partial charge in [0.1, 0.15) is 12.1 Å². The second-order valence-corrected chi connectivity index (χ2v) is 3.59. The molecule has 1 aromatic heterocycles. The van der Waals surface area contributed by atoms with E-state index in [0.717, 1.165) is 13.0 Å². The number of nitrogens with zero attached hydrogens (tertiary/aromatic N) is 3. The molecule has 14 heavy (non-hydrogen) atoms. The maximum atomic E-state index is 12.8. The Morgan fingerprint density at radius 2 is 2.21 bits per heavy atom. The van der Waals surface area contributed by atoms with Crippen LogP contribution in [0.25, 0.3) is 0 Å². The van der Waals surface area contributed by atoms with E-state index in [1.165, 1.54) is 12.4 Å². The Morgan fingerprint density at radius 1 is 1.50 bits per heavy atom. The molecule has 0 amide bonds. The summed E-state index contributed by atoms with van der Waals surface area (Å²) in [6.07, 6.45) is 2.36. The Hall–Kier alpha value is -1.19. The summed E-state index contributed by atoms with van der Waals surface area (Å²) in [4.78, 5) is 9.36. The highest BCUT2D eigenvalue weighted by atomic mass is 19.1. The van der Waals surface area contributed by atoms with E-state index < -0.39 is 5.95 Å². The van der Waals surface area contributed by atoms with Gasteiger partial charge in [0.05, 0.1) is 0 Å². The fourth-order valence-electron chi connectivity index (χ4n) is 1.22. The van der Waals surface area contributed by atoms with Crippen LogP contribution in [0.15, 0.2) is 12.4 Å². The second-order valence-electron chi connectivity index (χ2n) is 3.59. The molecule has 1 atom stereocenters.